The van der Waals surface area contributed by atoms with Crippen LogP contribution in [0.2, 0.25) is 0 Å². The van der Waals surface area contributed by atoms with Crippen LogP contribution in [0.25, 0.3) is 11.1 Å². The van der Waals surface area contributed by atoms with Gasteiger partial charge in [-0.1, -0.05) is 48.2 Å². The molecule has 0 aliphatic carbocycles. The highest BCUT2D eigenvalue weighted by Gasteiger charge is 2.09. The Balaban J connectivity index is 1.53. The van der Waals surface area contributed by atoms with Crippen LogP contribution in [0, 0.1) is 6.92 Å². The van der Waals surface area contributed by atoms with E-state index in [9.17, 15) is 4.79 Å². The number of hydrogen-bond donors (Lipinski definition) is 1. The summed E-state index contributed by atoms with van der Waals surface area (Å²) < 4.78 is 5.57. The molecule has 2 aromatic carbocycles. The van der Waals surface area contributed by atoms with E-state index >= 15 is 0 Å². The van der Waals surface area contributed by atoms with Gasteiger partial charge >= 0.3 is 0 Å². The van der Waals surface area contributed by atoms with Crippen molar-refractivity contribution in [3.63, 3.8) is 0 Å². The molecule has 5 heteroatoms. The van der Waals surface area contributed by atoms with Gasteiger partial charge in [-0.3, -0.25) is 4.79 Å². The monoisotopic (exact) mass is 312 g/mol. The first-order chi connectivity index (χ1) is 10.7. The fraction of sp³-hybridized carbons (Fsp3) is 0.176. The molecule has 0 fully saturated rings. The number of para-hydroxylation sites is 2. The van der Waals surface area contributed by atoms with Crippen LogP contribution in [0.3, 0.4) is 0 Å². The lowest BCUT2D eigenvalue weighted by Gasteiger charge is -2.06. The zero-order chi connectivity index (χ0) is 15.4. The molecule has 1 heterocycles. The van der Waals surface area contributed by atoms with E-state index in [0.29, 0.717) is 17.5 Å². The van der Waals surface area contributed by atoms with Gasteiger partial charge in [0.25, 0.3) is 5.22 Å². The van der Waals surface area contributed by atoms with E-state index < -0.39 is 0 Å². The van der Waals surface area contributed by atoms with E-state index in [2.05, 4.69) is 10.3 Å². The number of hydrogen-bond acceptors (Lipinski definition) is 4. The highest BCUT2D eigenvalue weighted by atomic mass is 32.2. The van der Waals surface area contributed by atoms with Gasteiger partial charge in [0.05, 0.1) is 5.75 Å². The molecular weight excluding hydrogens is 296 g/mol. The third kappa shape index (κ3) is 3.49. The quantitative estimate of drug-likeness (QED) is 0.732. The normalized spacial score (nSPS) is 10.8. The molecule has 0 bridgehead atoms. The summed E-state index contributed by atoms with van der Waals surface area (Å²) in [7, 11) is 0. The summed E-state index contributed by atoms with van der Waals surface area (Å²) in [5.74, 6) is 0.258. The first-order valence-electron chi connectivity index (χ1n) is 7.02. The minimum absolute atomic E-state index is 0.0319. The minimum atomic E-state index is -0.0319. The number of thioether (sulfide) groups is 1. The summed E-state index contributed by atoms with van der Waals surface area (Å²) in [6, 6.07) is 15.6. The second kappa shape index (κ2) is 6.66. The third-order valence-corrected chi connectivity index (χ3v) is 4.17. The Hall–Kier alpha value is -2.27. The van der Waals surface area contributed by atoms with Crippen molar-refractivity contribution in [3.05, 3.63) is 59.7 Å². The first-order valence-corrected chi connectivity index (χ1v) is 8.00. The van der Waals surface area contributed by atoms with E-state index in [4.69, 9.17) is 4.42 Å². The molecule has 0 saturated carbocycles. The molecule has 1 aromatic heterocycles. The van der Waals surface area contributed by atoms with Gasteiger partial charge in [0.1, 0.15) is 5.52 Å². The zero-order valence-corrected chi connectivity index (χ0v) is 13.0. The van der Waals surface area contributed by atoms with Crippen molar-refractivity contribution in [3.8, 4) is 0 Å². The van der Waals surface area contributed by atoms with Gasteiger partial charge in [-0.15, -0.1) is 0 Å². The zero-order valence-electron chi connectivity index (χ0n) is 12.2. The van der Waals surface area contributed by atoms with Crippen LogP contribution in [0.5, 0.6) is 0 Å². The van der Waals surface area contributed by atoms with Crippen LogP contribution >= 0.6 is 11.8 Å². The Morgan fingerprint density at radius 2 is 1.95 bits per heavy atom. The number of oxazole rings is 1. The van der Waals surface area contributed by atoms with Gasteiger partial charge in [0.15, 0.2) is 5.58 Å². The molecule has 3 aromatic rings. The van der Waals surface area contributed by atoms with Crippen molar-refractivity contribution >= 4 is 28.8 Å². The summed E-state index contributed by atoms with van der Waals surface area (Å²) in [4.78, 5) is 16.2. The van der Waals surface area contributed by atoms with Crippen molar-refractivity contribution in [1.29, 1.82) is 0 Å². The largest absolute Gasteiger partial charge is 0.431 e. The third-order valence-electron chi connectivity index (χ3n) is 3.34. The molecular formula is C17H16N2O2S. The smallest absolute Gasteiger partial charge is 0.257 e. The first kappa shape index (κ1) is 14.7. The number of rotatable bonds is 5. The van der Waals surface area contributed by atoms with Crippen LogP contribution in [0.15, 0.2) is 58.2 Å². The molecule has 0 saturated heterocycles. The Bertz CT molecular complexity index is 765. The molecule has 0 unspecified atom stereocenters. The van der Waals surface area contributed by atoms with Crippen molar-refractivity contribution in [2.45, 2.75) is 18.7 Å². The van der Waals surface area contributed by atoms with Crippen molar-refractivity contribution in [2.24, 2.45) is 0 Å². The Kier molecular flexibility index (Phi) is 4.44. The number of aryl methyl sites for hydroxylation is 1. The van der Waals surface area contributed by atoms with E-state index in [1.54, 1.807) is 0 Å². The maximum atomic E-state index is 11.9. The molecule has 0 spiro atoms. The topological polar surface area (TPSA) is 55.1 Å². The van der Waals surface area contributed by atoms with Gasteiger partial charge in [-0.2, -0.15) is 0 Å². The van der Waals surface area contributed by atoms with Crippen LogP contribution in [0.1, 0.15) is 11.1 Å². The standard InChI is InChI=1S/C17H16N2O2S/c1-12-6-2-3-7-13(12)10-18-16(20)11-22-17-19-14-8-4-5-9-15(14)21-17/h2-9H,10-11H2,1H3,(H,18,20). The average molecular weight is 312 g/mol. The molecule has 0 aliphatic heterocycles. The molecule has 4 nitrogen and oxygen atoms in total. The molecule has 0 atom stereocenters. The molecule has 0 radical (unpaired) electrons. The number of carbonyl (C=O) groups is 1. The van der Waals surface area contributed by atoms with E-state index in [0.717, 1.165) is 16.7 Å². The molecule has 22 heavy (non-hydrogen) atoms. The summed E-state index contributed by atoms with van der Waals surface area (Å²) >= 11 is 1.30. The highest BCUT2D eigenvalue weighted by Crippen LogP contribution is 2.22. The Morgan fingerprint density at radius 3 is 2.77 bits per heavy atom. The summed E-state index contributed by atoms with van der Waals surface area (Å²) in [6.45, 7) is 2.58. The number of nitrogens with one attached hydrogen (secondary N) is 1. The maximum Gasteiger partial charge on any atom is 0.257 e. The number of amides is 1. The van der Waals surface area contributed by atoms with Gasteiger partial charge in [0, 0.05) is 6.54 Å². The maximum absolute atomic E-state index is 11.9. The second-order valence-corrected chi connectivity index (χ2v) is 5.87. The number of carbonyl (C=O) groups excluding carboxylic acids is 1. The average Bonchev–Trinajstić information content (AvgIpc) is 2.95. The number of aromatic nitrogens is 1. The molecule has 3 rings (SSSR count). The van der Waals surface area contributed by atoms with Gasteiger partial charge < -0.3 is 9.73 Å². The highest BCUT2D eigenvalue weighted by molar-refractivity contribution is 7.99. The van der Waals surface area contributed by atoms with Crippen LogP contribution in [0.4, 0.5) is 0 Å². The predicted molar refractivity (Wildman–Crippen MR) is 87.8 cm³/mol. The minimum Gasteiger partial charge on any atom is -0.431 e. The van der Waals surface area contributed by atoms with Crippen molar-refractivity contribution < 1.29 is 9.21 Å². The Morgan fingerprint density at radius 1 is 1.18 bits per heavy atom. The summed E-state index contributed by atoms with van der Waals surface area (Å²) in [5, 5.41) is 3.44. The van der Waals surface area contributed by atoms with Gasteiger partial charge in [-0.25, -0.2) is 4.98 Å². The Labute approximate surface area is 132 Å². The molecule has 1 amide bonds. The van der Waals surface area contributed by atoms with Gasteiger partial charge in [0.2, 0.25) is 5.91 Å². The van der Waals surface area contributed by atoms with Crippen LogP contribution < -0.4 is 5.32 Å². The SMILES string of the molecule is Cc1ccccc1CNC(=O)CSc1nc2ccccc2o1. The van der Waals surface area contributed by atoms with Gasteiger partial charge in [-0.05, 0) is 30.2 Å². The second-order valence-electron chi connectivity index (χ2n) is 4.94. The van der Waals surface area contributed by atoms with Crippen LogP contribution in [-0.2, 0) is 11.3 Å². The van der Waals surface area contributed by atoms with E-state index in [-0.39, 0.29) is 5.91 Å². The lowest BCUT2D eigenvalue weighted by molar-refractivity contribution is -0.118. The van der Waals surface area contributed by atoms with Crippen LogP contribution in [-0.4, -0.2) is 16.6 Å². The summed E-state index contributed by atoms with van der Waals surface area (Å²) in [6.07, 6.45) is 0. The molecule has 112 valence electrons. The van der Waals surface area contributed by atoms with E-state index in [1.165, 1.54) is 17.3 Å². The number of nitrogens with zero attached hydrogens (tertiary/aromatic N) is 1. The predicted octanol–water partition coefficient (Wildman–Crippen LogP) is 3.54. The summed E-state index contributed by atoms with van der Waals surface area (Å²) in [5.41, 5.74) is 3.85. The lowest BCUT2D eigenvalue weighted by Crippen LogP contribution is -2.24. The van der Waals surface area contributed by atoms with Crippen molar-refractivity contribution in [1.82, 2.24) is 10.3 Å². The number of benzene rings is 2. The number of fused-ring (bicyclic) bond motifs is 1. The van der Waals surface area contributed by atoms with Crippen molar-refractivity contribution in [2.75, 3.05) is 5.75 Å². The lowest BCUT2D eigenvalue weighted by atomic mass is 10.1. The molecule has 0 aliphatic rings. The fourth-order valence-corrected chi connectivity index (χ4v) is 2.76. The molecule has 1 N–H and O–H groups in total. The fourth-order valence-electron chi connectivity index (χ4n) is 2.09. The van der Waals surface area contributed by atoms with E-state index in [1.807, 2.05) is 55.5 Å².